The highest BCUT2D eigenvalue weighted by Gasteiger charge is 2.30. The van der Waals surface area contributed by atoms with E-state index in [1.807, 2.05) is 13.0 Å². The molecule has 1 saturated heterocycles. The molecule has 1 atom stereocenters. The van der Waals surface area contributed by atoms with Crippen molar-refractivity contribution >= 4 is 17.5 Å². The average Bonchev–Trinajstić information content (AvgIpc) is 3.00. The first-order valence-corrected chi connectivity index (χ1v) is 6.91. The molecule has 0 aliphatic carbocycles. The Balaban J connectivity index is 1.66. The molecule has 5 heteroatoms. The second kappa shape index (κ2) is 4.90. The molecule has 1 unspecified atom stereocenters. The number of nitrogens with one attached hydrogen (secondary N) is 2. The van der Waals surface area contributed by atoms with Gasteiger partial charge in [-0.15, -0.1) is 0 Å². The van der Waals surface area contributed by atoms with Crippen LogP contribution in [-0.4, -0.2) is 30.6 Å². The van der Waals surface area contributed by atoms with E-state index in [-0.39, 0.29) is 17.4 Å². The van der Waals surface area contributed by atoms with Crippen LogP contribution in [0.1, 0.15) is 35.7 Å². The van der Waals surface area contributed by atoms with E-state index in [1.165, 1.54) is 0 Å². The van der Waals surface area contributed by atoms with Crippen molar-refractivity contribution in [2.75, 3.05) is 18.5 Å². The molecular formula is C15H18N2O3. The Labute approximate surface area is 117 Å². The van der Waals surface area contributed by atoms with Crippen molar-refractivity contribution in [3.05, 3.63) is 29.3 Å². The Hall–Kier alpha value is -1.88. The first-order valence-electron chi connectivity index (χ1n) is 6.91. The van der Waals surface area contributed by atoms with Crippen molar-refractivity contribution in [1.82, 2.24) is 5.32 Å². The Morgan fingerprint density at radius 1 is 1.50 bits per heavy atom. The van der Waals surface area contributed by atoms with Crippen molar-refractivity contribution < 1.29 is 14.3 Å². The standard InChI is InChI=1S/C15H18N2O3/c1-15(5-2-6-20-15)9-16-14(19)11-4-3-10-8-13(18)17-12(10)7-11/h3-4,7H,2,5-6,8-9H2,1H3,(H,16,19)(H,17,18). The normalized spacial score (nSPS) is 24.4. The molecule has 0 aromatic heterocycles. The van der Waals surface area contributed by atoms with Crippen LogP contribution >= 0.6 is 0 Å². The minimum Gasteiger partial charge on any atom is -0.373 e. The van der Waals surface area contributed by atoms with Gasteiger partial charge in [0, 0.05) is 24.4 Å². The van der Waals surface area contributed by atoms with E-state index < -0.39 is 0 Å². The van der Waals surface area contributed by atoms with Gasteiger partial charge < -0.3 is 15.4 Å². The van der Waals surface area contributed by atoms with Gasteiger partial charge in [0.05, 0.1) is 12.0 Å². The van der Waals surface area contributed by atoms with Crippen LogP contribution in [-0.2, 0) is 16.0 Å². The van der Waals surface area contributed by atoms with Crippen molar-refractivity contribution in [2.45, 2.75) is 31.8 Å². The van der Waals surface area contributed by atoms with Gasteiger partial charge in [0.1, 0.15) is 0 Å². The SMILES string of the molecule is CC1(CNC(=O)c2ccc3c(c2)NC(=O)C3)CCCO1. The first kappa shape index (κ1) is 13.1. The van der Waals surface area contributed by atoms with E-state index in [1.54, 1.807) is 12.1 Å². The fourth-order valence-electron chi connectivity index (χ4n) is 2.70. The summed E-state index contributed by atoms with van der Waals surface area (Å²) in [6.45, 7) is 3.29. The van der Waals surface area contributed by atoms with E-state index in [4.69, 9.17) is 4.74 Å². The fourth-order valence-corrected chi connectivity index (χ4v) is 2.70. The number of carbonyl (C=O) groups is 2. The molecule has 1 aromatic carbocycles. The summed E-state index contributed by atoms with van der Waals surface area (Å²) < 4.78 is 5.64. The molecule has 3 rings (SSSR count). The maximum absolute atomic E-state index is 12.1. The highest BCUT2D eigenvalue weighted by atomic mass is 16.5. The van der Waals surface area contributed by atoms with Crippen LogP contribution in [0.4, 0.5) is 5.69 Å². The molecule has 1 fully saturated rings. The third-order valence-corrected chi connectivity index (χ3v) is 3.92. The number of hydrogen-bond acceptors (Lipinski definition) is 3. The number of ether oxygens (including phenoxy) is 1. The quantitative estimate of drug-likeness (QED) is 0.877. The number of carbonyl (C=O) groups excluding carboxylic acids is 2. The van der Waals surface area contributed by atoms with Gasteiger partial charge in [-0.3, -0.25) is 9.59 Å². The summed E-state index contributed by atoms with van der Waals surface area (Å²) in [7, 11) is 0. The van der Waals surface area contributed by atoms with Crippen molar-refractivity contribution in [1.29, 1.82) is 0 Å². The Morgan fingerprint density at radius 2 is 2.35 bits per heavy atom. The zero-order valence-corrected chi connectivity index (χ0v) is 11.5. The van der Waals surface area contributed by atoms with E-state index >= 15 is 0 Å². The maximum Gasteiger partial charge on any atom is 0.251 e. The second-order valence-corrected chi connectivity index (χ2v) is 5.68. The van der Waals surface area contributed by atoms with Gasteiger partial charge in [0.15, 0.2) is 0 Å². The molecule has 106 valence electrons. The smallest absolute Gasteiger partial charge is 0.251 e. The predicted molar refractivity (Wildman–Crippen MR) is 74.7 cm³/mol. The van der Waals surface area contributed by atoms with Gasteiger partial charge in [-0.1, -0.05) is 6.07 Å². The lowest BCUT2D eigenvalue weighted by Gasteiger charge is -2.23. The lowest BCUT2D eigenvalue weighted by Crippen LogP contribution is -2.40. The van der Waals surface area contributed by atoms with Gasteiger partial charge in [-0.25, -0.2) is 0 Å². The van der Waals surface area contributed by atoms with Gasteiger partial charge >= 0.3 is 0 Å². The van der Waals surface area contributed by atoms with Crippen LogP contribution in [0.25, 0.3) is 0 Å². The maximum atomic E-state index is 12.1. The molecular weight excluding hydrogens is 256 g/mol. The van der Waals surface area contributed by atoms with Gasteiger partial charge in [0.25, 0.3) is 5.91 Å². The van der Waals surface area contributed by atoms with Crippen molar-refractivity contribution in [3.8, 4) is 0 Å². The monoisotopic (exact) mass is 274 g/mol. The van der Waals surface area contributed by atoms with Crippen LogP contribution in [0, 0.1) is 0 Å². The average molecular weight is 274 g/mol. The molecule has 2 aliphatic heterocycles. The van der Waals surface area contributed by atoms with E-state index in [9.17, 15) is 9.59 Å². The van der Waals surface area contributed by atoms with Crippen molar-refractivity contribution in [3.63, 3.8) is 0 Å². The zero-order chi connectivity index (χ0) is 14.2. The zero-order valence-electron chi connectivity index (χ0n) is 11.5. The summed E-state index contributed by atoms with van der Waals surface area (Å²) in [5, 5.41) is 5.66. The van der Waals surface area contributed by atoms with Crippen LogP contribution in [0.15, 0.2) is 18.2 Å². The first-order chi connectivity index (χ1) is 9.56. The molecule has 0 saturated carbocycles. The summed E-state index contributed by atoms with van der Waals surface area (Å²) in [4.78, 5) is 23.4. The Morgan fingerprint density at radius 3 is 3.10 bits per heavy atom. The highest BCUT2D eigenvalue weighted by Crippen LogP contribution is 2.25. The molecule has 1 aromatic rings. The summed E-state index contributed by atoms with van der Waals surface area (Å²) >= 11 is 0. The third-order valence-electron chi connectivity index (χ3n) is 3.92. The number of hydrogen-bond donors (Lipinski definition) is 2. The minimum absolute atomic E-state index is 0.0237. The second-order valence-electron chi connectivity index (χ2n) is 5.68. The lowest BCUT2D eigenvalue weighted by molar-refractivity contribution is -0.115. The number of amides is 2. The lowest BCUT2D eigenvalue weighted by atomic mass is 10.0. The molecule has 2 N–H and O–H groups in total. The topological polar surface area (TPSA) is 67.4 Å². The van der Waals surface area contributed by atoms with E-state index in [0.29, 0.717) is 18.5 Å². The molecule has 0 spiro atoms. The number of anilines is 1. The largest absolute Gasteiger partial charge is 0.373 e. The molecule has 0 bridgehead atoms. The molecule has 5 nitrogen and oxygen atoms in total. The fraction of sp³-hybridized carbons (Fsp3) is 0.467. The Kier molecular flexibility index (Phi) is 3.22. The summed E-state index contributed by atoms with van der Waals surface area (Å²) in [5.41, 5.74) is 2.00. The van der Waals surface area contributed by atoms with E-state index in [0.717, 1.165) is 30.7 Å². The summed E-state index contributed by atoms with van der Waals surface area (Å²) in [5.74, 6) is -0.157. The van der Waals surface area contributed by atoms with Gasteiger partial charge in [-0.05, 0) is 37.5 Å². The number of benzene rings is 1. The van der Waals surface area contributed by atoms with Crippen LogP contribution < -0.4 is 10.6 Å². The molecule has 0 radical (unpaired) electrons. The number of fused-ring (bicyclic) bond motifs is 1. The van der Waals surface area contributed by atoms with Crippen molar-refractivity contribution in [2.24, 2.45) is 0 Å². The van der Waals surface area contributed by atoms with Crippen LogP contribution in [0.3, 0.4) is 0 Å². The Bertz CT molecular complexity index is 562. The molecule has 2 aliphatic rings. The third kappa shape index (κ3) is 2.54. The van der Waals surface area contributed by atoms with Crippen LogP contribution in [0.5, 0.6) is 0 Å². The van der Waals surface area contributed by atoms with Gasteiger partial charge in [0.2, 0.25) is 5.91 Å². The van der Waals surface area contributed by atoms with Gasteiger partial charge in [-0.2, -0.15) is 0 Å². The molecule has 20 heavy (non-hydrogen) atoms. The van der Waals surface area contributed by atoms with E-state index in [2.05, 4.69) is 10.6 Å². The molecule has 2 amide bonds. The predicted octanol–water partition coefficient (Wildman–Crippen LogP) is 1.48. The minimum atomic E-state index is -0.249. The van der Waals surface area contributed by atoms with Crippen LogP contribution in [0.2, 0.25) is 0 Å². The number of rotatable bonds is 3. The summed E-state index contributed by atoms with van der Waals surface area (Å²) in [6, 6.07) is 5.32. The highest BCUT2D eigenvalue weighted by molar-refractivity contribution is 6.02. The summed E-state index contributed by atoms with van der Waals surface area (Å²) in [6.07, 6.45) is 2.40. The molecule has 2 heterocycles.